The number of hydrogen-bond acceptors (Lipinski definition) is 6. The average Bonchev–Trinajstić information content (AvgIpc) is 2.88. The standard InChI is InChI=1S/C13H12BrNO5S/c1-7(2)19-11(16)6-15-12(17)9(21-13(15)18)5-8-3-4-10(14)20-8/h3-5,7H,6H2,1-2H3/b9-5+. The van der Waals surface area contributed by atoms with Gasteiger partial charge in [0.25, 0.3) is 11.1 Å². The SMILES string of the molecule is CC(C)OC(=O)CN1C(=O)S/C(=C/c2ccc(Br)o2)C1=O. The van der Waals surface area contributed by atoms with E-state index < -0.39 is 17.1 Å². The van der Waals surface area contributed by atoms with Crippen LogP contribution in [-0.4, -0.2) is 34.7 Å². The van der Waals surface area contributed by atoms with E-state index in [1.807, 2.05) is 0 Å². The summed E-state index contributed by atoms with van der Waals surface area (Å²) in [5, 5.41) is -0.502. The fourth-order valence-electron chi connectivity index (χ4n) is 1.60. The van der Waals surface area contributed by atoms with Crippen molar-refractivity contribution < 1.29 is 23.5 Å². The second-order valence-electron chi connectivity index (χ2n) is 4.45. The molecule has 2 rings (SSSR count). The Labute approximate surface area is 133 Å². The lowest BCUT2D eigenvalue weighted by atomic mass is 10.3. The molecular weight excluding hydrogens is 362 g/mol. The Bertz CT molecular complexity index is 622. The summed E-state index contributed by atoms with van der Waals surface area (Å²) in [6, 6.07) is 3.33. The summed E-state index contributed by atoms with van der Waals surface area (Å²) in [6.07, 6.45) is 1.16. The molecule has 2 amide bonds. The molecule has 1 aromatic rings. The number of imide groups is 1. The first-order chi connectivity index (χ1) is 9.86. The highest BCUT2D eigenvalue weighted by Gasteiger charge is 2.37. The fourth-order valence-corrected chi connectivity index (χ4v) is 2.74. The minimum atomic E-state index is -0.616. The van der Waals surface area contributed by atoms with Crippen LogP contribution in [0.5, 0.6) is 0 Å². The number of hydrogen-bond donors (Lipinski definition) is 0. The summed E-state index contributed by atoms with van der Waals surface area (Å²) in [7, 11) is 0. The predicted molar refractivity (Wildman–Crippen MR) is 80.3 cm³/mol. The molecule has 0 atom stereocenters. The lowest BCUT2D eigenvalue weighted by molar-refractivity contribution is -0.149. The Morgan fingerprint density at radius 1 is 1.48 bits per heavy atom. The molecule has 1 fully saturated rings. The van der Waals surface area contributed by atoms with Crippen LogP contribution in [-0.2, 0) is 14.3 Å². The maximum atomic E-state index is 12.1. The number of amides is 2. The van der Waals surface area contributed by atoms with Crippen molar-refractivity contribution in [3.05, 3.63) is 27.5 Å². The van der Waals surface area contributed by atoms with E-state index in [1.54, 1.807) is 26.0 Å². The van der Waals surface area contributed by atoms with Gasteiger partial charge in [0.2, 0.25) is 0 Å². The highest BCUT2D eigenvalue weighted by molar-refractivity contribution is 9.10. The summed E-state index contributed by atoms with van der Waals surface area (Å²) in [5.41, 5.74) is 0. The van der Waals surface area contributed by atoms with Crippen molar-refractivity contribution in [1.29, 1.82) is 0 Å². The van der Waals surface area contributed by atoms with Gasteiger partial charge in [-0.2, -0.15) is 0 Å². The highest BCUT2D eigenvalue weighted by atomic mass is 79.9. The van der Waals surface area contributed by atoms with Crippen molar-refractivity contribution in [3.63, 3.8) is 0 Å². The Morgan fingerprint density at radius 3 is 2.76 bits per heavy atom. The van der Waals surface area contributed by atoms with Gasteiger partial charge in [0.05, 0.1) is 11.0 Å². The second-order valence-corrected chi connectivity index (χ2v) is 6.22. The predicted octanol–water partition coefficient (Wildman–Crippen LogP) is 3.03. The molecule has 1 aromatic heterocycles. The van der Waals surface area contributed by atoms with E-state index in [-0.39, 0.29) is 17.6 Å². The minimum Gasteiger partial charge on any atom is -0.462 e. The van der Waals surface area contributed by atoms with Gasteiger partial charge in [0.15, 0.2) is 4.67 Å². The summed E-state index contributed by atoms with van der Waals surface area (Å²) >= 11 is 3.91. The topological polar surface area (TPSA) is 76.8 Å². The lowest BCUT2D eigenvalue weighted by Gasteiger charge is -2.13. The van der Waals surface area contributed by atoms with Crippen molar-refractivity contribution in [3.8, 4) is 0 Å². The monoisotopic (exact) mass is 373 g/mol. The second kappa shape index (κ2) is 6.48. The Hall–Kier alpha value is -1.54. The molecule has 112 valence electrons. The number of esters is 1. The zero-order chi connectivity index (χ0) is 15.6. The Balaban J connectivity index is 2.09. The Morgan fingerprint density at radius 2 is 2.19 bits per heavy atom. The van der Waals surface area contributed by atoms with E-state index in [2.05, 4.69) is 15.9 Å². The smallest absolute Gasteiger partial charge is 0.326 e. The third kappa shape index (κ3) is 3.98. The third-order valence-corrected chi connectivity index (χ3v) is 3.73. The first-order valence-corrected chi connectivity index (χ1v) is 7.68. The lowest BCUT2D eigenvalue weighted by Crippen LogP contribution is -2.35. The van der Waals surface area contributed by atoms with Gasteiger partial charge in [-0.05, 0) is 53.7 Å². The number of halogens is 1. The van der Waals surface area contributed by atoms with Crippen LogP contribution in [0.2, 0.25) is 0 Å². The molecule has 0 aromatic carbocycles. The van der Waals surface area contributed by atoms with Gasteiger partial charge in [-0.15, -0.1) is 0 Å². The molecule has 8 heteroatoms. The molecule has 1 aliphatic heterocycles. The Kier molecular flexibility index (Phi) is 4.89. The van der Waals surface area contributed by atoms with E-state index in [4.69, 9.17) is 9.15 Å². The quantitative estimate of drug-likeness (QED) is 0.596. The molecule has 1 saturated heterocycles. The van der Waals surface area contributed by atoms with Gasteiger partial charge < -0.3 is 9.15 Å². The van der Waals surface area contributed by atoms with E-state index in [0.717, 1.165) is 16.7 Å². The number of thioether (sulfide) groups is 1. The van der Waals surface area contributed by atoms with Crippen molar-refractivity contribution in [1.82, 2.24) is 4.90 Å². The van der Waals surface area contributed by atoms with Gasteiger partial charge in [-0.25, -0.2) is 0 Å². The van der Waals surface area contributed by atoms with Gasteiger partial charge in [-0.3, -0.25) is 19.3 Å². The molecule has 2 heterocycles. The molecule has 0 N–H and O–H groups in total. The van der Waals surface area contributed by atoms with Crippen molar-refractivity contribution in [2.75, 3.05) is 6.54 Å². The van der Waals surface area contributed by atoms with E-state index in [1.165, 1.54) is 6.08 Å². The van der Waals surface area contributed by atoms with Crippen molar-refractivity contribution in [2.24, 2.45) is 0 Å². The van der Waals surface area contributed by atoms with Crippen LogP contribution in [0.4, 0.5) is 4.79 Å². The number of furan rings is 1. The van der Waals surface area contributed by atoms with Gasteiger partial charge in [-0.1, -0.05) is 0 Å². The average molecular weight is 374 g/mol. The molecular formula is C13H12BrNO5S. The van der Waals surface area contributed by atoms with Crippen LogP contribution in [0.15, 0.2) is 26.1 Å². The van der Waals surface area contributed by atoms with E-state index in [0.29, 0.717) is 10.4 Å². The van der Waals surface area contributed by atoms with Crippen LogP contribution in [0.25, 0.3) is 6.08 Å². The molecule has 0 aliphatic carbocycles. The maximum Gasteiger partial charge on any atom is 0.326 e. The molecule has 1 aliphatic rings. The first kappa shape index (κ1) is 15.8. The van der Waals surface area contributed by atoms with Crippen LogP contribution >= 0.6 is 27.7 Å². The van der Waals surface area contributed by atoms with Crippen molar-refractivity contribution >= 4 is 50.9 Å². The number of nitrogens with zero attached hydrogens (tertiary/aromatic N) is 1. The molecule has 21 heavy (non-hydrogen) atoms. The molecule has 0 bridgehead atoms. The maximum absolute atomic E-state index is 12.1. The zero-order valence-corrected chi connectivity index (χ0v) is 13.7. The summed E-state index contributed by atoms with van der Waals surface area (Å²) in [5.74, 6) is -0.704. The fraction of sp³-hybridized carbons (Fsp3) is 0.308. The van der Waals surface area contributed by atoms with Crippen LogP contribution in [0, 0.1) is 0 Å². The van der Waals surface area contributed by atoms with Crippen LogP contribution in [0.1, 0.15) is 19.6 Å². The molecule has 0 radical (unpaired) electrons. The molecule has 6 nitrogen and oxygen atoms in total. The van der Waals surface area contributed by atoms with E-state index in [9.17, 15) is 14.4 Å². The summed E-state index contributed by atoms with van der Waals surface area (Å²) in [4.78, 5) is 36.5. The van der Waals surface area contributed by atoms with Crippen LogP contribution in [0.3, 0.4) is 0 Å². The summed E-state index contributed by atoms with van der Waals surface area (Å²) in [6.45, 7) is 3.00. The third-order valence-electron chi connectivity index (χ3n) is 2.40. The van der Waals surface area contributed by atoms with Gasteiger partial charge in [0.1, 0.15) is 12.3 Å². The number of carbonyl (C=O) groups excluding carboxylic acids is 3. The largest absolute Gasteiger partial charge is 0.462 e. The summed E-state index contributed by atoms with van der Waals surface area (Å²) < 4.78 is 10.7. The molecule has 0 saturated carbocycles. The minimum absolute atomic E-state index is 0.208. The first-order valence-electron chi connectivity index (χ1n) is 6.07. The normalized spacial score (nSPS) is 17.1. The van der Waals surface area contributed by atoms with Gasteiger partial charge >= 0.3 is 5.97 Å². The highest BCUT2D eigenvalue weighted by Crippen LogP contribution is 2.32. The van der Waals surface area contributed by atoms with Crippen LogP contribution < -0.4 is 0 Å². The number of carbonyl (C=O) groups is 3. The molecule has 0 unspecified atom stereocenters. The van der Waals surface area contributed by atoms with Gasteiger partial charge in [0, 0.05) is 6.08 Å². The number of rotatable bonds is 4. The van der Waals surface area contributed by atoms with Crippen molar-refractivity contribution in [2.45, 2.75) is 20.0 Å². The number of ether oxygens (including phenoxy) is 1. The molecule has 0 spiro atoms. The van der Waals surface area contributed by atoms with E-state index >= 15 is 0 Å². The zero-order valence-electron chi connectivity index (χ0n) is 11.3.